The van der Waals surface area contributed by atoms with Crippen molar-refractivity contribution in [2.75, 3.05) is 45.2 Å². The summed E-state index contributed by atoms with van der Waals surface area (Å²) in [6.07, 6.45) is 0. The van der Waals surface area contributed by atoms with Gasteiger partial charge in [-0.2, -0.15) is 0 Å². The van der Waals surface area contributed by atoms with Crippen molar-refractivity contribution in [1.82, 2.24) is 4.90 Å². The van der Waals surface area contributed by atoms with Crippen LogP contribution in [0.5, 0.6) is 5.75 Å². The van der Waals surface area contributed by atoms with Gasteiger partial charge < -0.3 is 14.5 Å². The van der Waals surface area contributed by atoms with Gasteiger partial charge >= 0.3 is 0 Å². The van der Waals surface area contributed by atoms with E-state index in [0.717, 1.165) is 35.5 Å². The molecule has 0 radical (unpaired) electrons. The van der Waals surface area contributed by atoms with Crippen LogP contribution >= 0.6 is 22.6 Å². The number of anilines is 1. The highest BCUT2D eigenvalue weighted by atomic mass is 127. The smallest absolute Gasteiger partial charge is 0.134 e. The molecule has 4 heteroatoms. The number of nitrogens with zero attached hydrogens (tertiary/aromatic N) is 2. The van der Waals surface area contributed by atoms with Gasteiger partial charge in [-0.3, -0.25) is 0 Å². The van der Waals surface area contributed by atoms with E-state index in [2.05, 4.69) is 57.6 Å². The van der Waals surface area contributed by atoms with Gasteiger partial charge in [0.1, 0.15) is 5.75 Å². The van der Waals surface area contributed by atoms with Gasteiger partial charge in [0.15, 0.2) is 0 Å². The second kappa shape index (κ2) is 5.23. The Kier molecular flexibility index (Phi) is 3.91. The normalized spacial score (nSPS) is 17.6. The molecule has 1 aromatic carbocycles. The third-order valence-electron chi connectivity index (χ3n) is 3.00. The Morgan fingerprint density at radius 1 is 1.19 bits per heavy atom. The minimum Gasteiger partial charge on any atom is -0.496 e. The topological polar surface area (TPSA) is 15.7 Å². The number of methoxy groups -OCH3 is 1. The van der Waals surface area contributed by atoms with Crippen LogP contribution in [0, 0.1) is 3.57 Å². The SMILES string of the molecule is COc1cc(N2CCN(C)CC2)ccc1I. The average Bonchev–Trinajstić information content (AvgIpc) is 2.31. The monoisotopic (exact) mass is 332 g/mol. The molecule has 2 rings (SSSR count). The minimum atomic E-state index is 0.969. The maximum absolute atomic E-state index is 5.35. The number of hydrogen-bond acceptors (Lipinski definition) is 3. The molecule has 0 saturated carbocycles. The molecule has 3 nitrogen and oxygen atoms in total. The molecule has 0 spiro atoms. The van der Waals surface area contributed by atoms with Gasteiger partial charge in [0.2, 0.25) is 0 Å². The lowest BCUT2D eigenvalue weighted by atomic mass is 10.2. The first-order chi connectivity index (χ1) is 7.70. The van der Waals surface area contributed by atoms with E-state index >= 15 is 0 Å². The van der Waals surface area contributed by atoms with Gasteiger partial charge in [-0.15, -0.1) is 0 Å². The Morgan fingerprint density at radius 2 is 1.88 bits per heavy atom. The van der Waals surface area contributed by atoms with E-state index in [4.69, 9.17) is 4.74 Å². The molecule has 1 heterocycles. The number of piperazine rings is 1. The van der Waals surface area contributed by atoms with E-state index in [0.29, 0.717) is 0 Å². The Hall–Kier alpha value is -0.490. The third kappa shape index (κ3) is 2.60. The van der Waals surface area contributed by atoms with Crippen LogP contribution in [0.4, 0.5) is 5.69 Å². The summed E-state index contributed by atoms with van der Waals surface area (Å²) in [7, 11) is 3.90. The lowest BCUT2D eigenvalue weighted by molar-refractivity contribution is 0.312. The number of hydrogen-bond donors (Lipinski definition) is 0. The summed E-state index contributed by atoms with van der Waals surface area (Å²) >= 11 is 2.30. The molecule has 0 aliphatic carbocycles. The molecule has 1 aromatic rings. The Morgan fingerprint density at radius 3 is 2.50 bits per heavy atom. The summed E-state index contributed by atoms with van der Waals surface area (Å²) in [6, 6.07) is 6.43. The molecular formula is C12H17IN2O. The van der Waals surface area contributed by atoms with Crippen LogP contribution in [0.3, 0.4) is 0 Å². The van der Waals surface area contributed by atoms with Crippen molar-refractivity contribution in [2.24, 2.45) is 0 Å². The predicted octanol–water partition coefficient (Wildman–Crippen LogP) is 2.05. The van der Waals surface area contributed by atoms with Crippen molar-refractivity contribution in [3.8, 4) is 5.75 Å². The first-order valence-corrected chi connectivity index (χ1v) is 6.55. The molecule has 1 fully saturated rings. The first kappa shape index (κ1) is 12.0. The molecule has 0 unspecified atom stereocenters. The zero-order valence-electron chi connectivity index (χ0n) is 9.74. The quantitative estimate of drug-likeness (QED) is 0.771. The number of rotatable bonds is 2. The minimum absolute atomic E-state index is 0.969. The number of benzene rings is 1. The molecule has 0 N–H and O–H groups in total. The molecular weight excluding hydrogens is 315 g/mol. The Bertz CT molecular complexity index is 362. The molecule has 88 valence electrons. The molecule has 0 amide bonds. The summed E-state index contributed by atoms with van der Waals surface area (Å²) in [5.41, 5.74) is 1.27. The predicted molar refractivity (Wildman–Crippen MR) is 75.4 cm³/mol. The van der Waals surface area contributed by atoms with Gasteiger partial charge in [-0.1, -0.05) is 0 Å². The van der Waals surface area contributed by atoms with Crippen molar-refractivity contribution in [3.05, 3.63) is 21.8 Å². The van der Waals surface area contributed by atoms with E-state index in [1.54, 1.807) is 7.11 Å². The molecule has 1 aliphatic heterocycles. The largest absolute Gasteiger partial charge is 0.496 e. The standard InChI is InChI=1S/C12H17IN2O/c1-14-5-7-15(8-6-14)10-3-4-11(13)12(9-10)16-2/h3-4,9H,5-8H2,1-2H3. The third-order valence-corrected chi connectivity index (χ3v) is 3.89. The van der Waals surface area contributed by atoms with Gasteiger partial charge in [-0.25, -0.2) is 0 Å². The van der Waals surface area contributed by atoms with Crippen molar-refractivity contribution < 1.29 is 4.74 Å². The Balaban J connectivity index is 2.14. The molecule has 1 saturated heterocycles. The van der Waals surface area contributed by atoms with Gasteiger partial charge in [0.05, 0.1) is 10.7 Å². The summed E-state index contributed by atoms with van der Waals surface area (Å²) in [5, 5.41) is 0. The highest BCUT2D eigenvalue weighted by molar-refractivity contribution is 14.1. The van der Waals surface area contributed by atoms with Gasteiger partial charge in [0.25, 0.3) is 0 Å². The van der Waals surface area contributed by atoms with Crippen LogP contribution in [0.1, 0.15) is 0 Å². The fraction of sp³-hybridized carbons (Fsp3) is 0.500. The maximum Gasteiger partial charge on any atom is 0.134 e. The van der Waals surface area contributed by atoms with Crippen molar-refractivity contribution in [3.63, 3.8) is 0 Å². The van der Waals surface area contributed by atoms with E-state index in [1.165, 1.54) is 5.69 Å². The van der Waals surface area contributed by atoms with E-state index in [-0.39, 0.29) is 0 Å². The maximum atomic E-state index is 5.35. The summed E-state index contributed by atoms with van der Waals surface area (Å²) in [6.45, 7) is 4.46. The zero-order valence-corrected chi connectivity index (χ0v) is 11.9. The van der Waals surface area contributed by atoms with Crippen LogP contribution in [0.15, 0.2) is 18.2 Å². The fourth-order valence-electron chi connectivity index (χ4n) is 1.91. The zero-order chi connectivity index (χ0) is 11.5. The molecule has 0 bridgehead atoms. The fourth-order valence-corrected chi connectivity index (χ4v) is 2.47. The second-order valence-corrected chi connectivity index (χ2v) is 5.27. The first-order valence-electron chi connectivity index (χ1n) is 5.48. The van der Waals surface area contributed by atoms with Crippen molar-refractivity contribution >= 4 is 28.3 Å². The van der Waals surface area contributed by atoms with Crippen molar-refractivity contribution in [2.45, 2.75) is 0 Å². The highest BCUT2D eigenvalue weighted by Gasteiger charge is 2.15. The van der Waals surface area contributed by atoms with E-state index in [9.17, 15) is 0 Å². The van der Waals surface area contributed by atoms with E-state index in [1.807, 2.05) is 0 Å². The molecule has 0 aromatic heterocycles. The van der Waals surface area contributed by atoms with Crippen LogP contribution < -0.4 is 9.64 Å². The number of halogens is 1. The summed E-state index contributed by atoms with van der Waals surface area (Å²) < 4.78 is 6.52. The Labute approximate surface area is 111 Å². The van der Waals surface area contributed by atoms with Crippen LogP contribution in [0.25, 0.3) is 0 Å². The average molecular weight is 332 g/mol. The molecule has 1 aliphatic rings. The lowest BCUT2D eigenvalue weighted by Crippen LogP contribution is -2.44. The number of likely N-dealkylation sites (N-methyl/N-ethyl adjacent to an activating group) is 1. The van der Waals surface area contributed by atoms with Gasteiger partial charge in [0, 0.05) is 37.9 Å². The molecule has 0 atom stereocenters. The second-order valence-electron chi connectivity index (χ2n) is 4.11. The highest BCUT2D eigenvalue weighted by Crippen LogP contribution is 2.27. The number of ether oxygens (including phenoxy) is 1. The van der Waals surface area contributed by atoms with E-state index < -0.39 is 0 Å². The van der Waals surface area contributed by atoms with Crippen molar-refractivity contribution in [1.29, 1.82) is 0 Å². The molecule has 16 heavy (non-hydrogen) atoms. The lowest BCUT2D eigenvalue weighted by Gasteiger charge is -2.34. The van der Waals surface area contributed by atoms with Crippen LogP contribution in [-0.2, 0) is 0 Å². The summed E-state index contributed by atoms with van der Waals surface area (Å²) in [5.74, 6) is 0.969. The van der Waals surface area contributed by atoms with Crippen LogP contribution in [0.2, 0.25) is 0 Å². The van der Waals surface area contributed by atoms with Gasteiger partial charge in [-0.05, 0) is 41.8 Å². The van der Waals surface area contributed by atoms with Crippen LogP contribution in [-0.4, -0.2) is 45.2 Å². The summed E-state index contributed by atoms with van der Waals surface area (Å²) in [4.78, 5) is 4.78.